The number of aromatic nitrogens is 1. The molecule has 17 heavy (non-hydrogen) atoms. The van der Waals surface area contributed by atoms with E-state index in [0.29, 0.717) is 5.69 Å². The van der Waals surface area contributed by atoms with Crippen molar-refractivity contribution >= 4 is 21.2 Å². The zero-order chi connectivity index (χ0) is 13.1. The minimum Gasteiger partial charge on any atom is -0.384 e. The van der Waals surface area contributed by atoms with Gasteiger partial charge in [-0.2, -0.15) is 0 Å². The number of thiazole rings is 1. The normalized spacial score (nSPS) is 12.9. The molecule has 1 aromatic heterocycles. The molecule has 1 heterocycles. The van der Waals surface area contributed by atoms with Crippen LogP contribution in [-0.2, 0) is 25.7 Å². The van der Waals surface area contributed by atoms with Gasteiger partial charge in [-0.05, 0) is 0 Å². The molecule has 1 rings (SSSR count). The first-order valence-electron chi connectivity index (χ1n) is 5.39. The number of hydrogen-bond donors (Lipinski definition) is 0. The summed E-state index contributed by atoms with van der Waals surface area (Å²) in [6, 6.07) is 0. The van der Waals surface area contributed by atoms with Crippen molar-refractivity contribution in [2.75, 3.05) is 19.5 Å². The molecule has 0 aliphatic heterocycles. The van der Waals surface area contributed by atoms with Gasteiger partial charge in [-0.3, -0.25) is 0 Å². The highest BCUT2D eigenvalue weighted by Crippen LogP contribution is 2.26. The zero-order valence-electron chi connectivity index (χ0n) is 10.7. The SMILES string of the molecule is COCCS(=O)(=O)Cc1csc(C(C)(C)C)n1. The third-order valence-corrected chi connectivity index (χ3v) is 5.00. The van der Waals surface area contributed by atoms with Crippen LogP contribution < -0.4 is 0 Å². The number of rotatable bonds is 5. The molecule has 0 aliphatic carbocycles. The van der Waals surface area contributed by atoms with E-state index < -0.39 is 9.84 Å². The molecule has 0 fully saturated rings. The summed E-state index contributed by atoms with van der Waals surface area (Å²) >= 11 is 1.51. The molecular weight excluding hydrogens is 258 g/mol. The first-order chi connectivity index (χ1) is 7.74. The fourth-order valence-corrected chi connectivity index (χ4v) is 3.40. The van der Waals surface area contributed by atoms with Crippen LogP contribution in [0.2, 0.25) is 0 Å². The van der Waals surface area contributed by atoms with Crippen molar-refractivity contribution in [2.45, 2.75) is 31.9 Å². The van der Waals surface area contributed by atoms with Crippen molar-refractivity contribution in [3.63, 3.8) is 0 Å². The van der Waals surface area contributed by atoms with Crippen molar-refractivity contribution in [3.8, 4) is 0 Å². The van der Waals surface area contributed by atoms with Gasteiger partial charge in [0.05, 0.1) is 28.8 Å². The summed E-state index contributed by atoms with van der Waals surface area (Å²) in [5.41, 5.74) is 0.607. The van der Waals surface area contributed by atoms with Gasteiger partial charge in [-0.15, -0.1) is 11.3 Å². The van der Waals surface area contributed by atoms with Crippen LogP contribution in [0.3, 0.4) is 0 Å². The van der Waals surface area contributed by atoms with Crippen LogP contribution >= 0.6 is 11.3 Å². The second-order valence-corrected chi connectivity index (χ2v) is 8.02. The number of hydrogen-bond acceptors (Lipinski definition) is 5. The van der Waals surface area contributed by atoms with Crippen LogP contribution in [0.15, 0.2) is 5.38 Å². The van der Waals surface area contributed by atoms with Gasteiger partial charge >= 0.3 is 0 Å². The molecule has 0 atom stereocenters. The van der Waals surface area contributed by atoms with Crippen LogP contribution in [0.1, 0.15) is 31.5 Å². The molecule has 0 bridgehead atoms. The lowest BCUT2D eigenvalue weighted by Crippen LogP contribution is -2.14. The number of ether oxygens (including phenoxy) is 1. The van der Waals surface area contributed by atoms with E-state index in [1.165, 1.54) is 18.4 Å². The van der Waals surface area contributed by atoms with Gasteiger partial charge in [0.25, 0.3) is 0 Å². The van der Waals surface area contributed by atoms with Crippen LogP contribution in [0.25, 0.3) is 0 Å². The summed E-state index contributed by atoms with van der Waals surface area (Å²) < 4.78 is 28.2. The number of sulfone groups is 1. The van der Waals surface area contributed by atoms with Crippen LogP contribution in [-0.4, -0.2) is 32.9 Å². The topological polar surface area (TPSA) is 56.3 Å². The Kier molecular flexibility index (Phi) is 4.69. The predicted molar refractivity (Wildman–Crippen MR) is 70.2 cm³/mol. The Labute approximate surface area is 107 Å². The van der Waals surface area contributed by atoms with E-state index in [4.69, 9.17) is 4.74 Å². The first kappa shape index (κ1) is 14.6. The third kappa shape index (κ3) is 4.73. The summed E-state index contributed by atoms with van der Waals surface area (Å²) in [6.07, 6.45) is 0. The van der Waals surface area contributed by atoms with Crippen molar-refractivity contribution in [3.05, 3.63) is 16.1 Å². The standard InChI is InChI=1S/C11H19NO3S2/c1-11(2,3)10-12-9(7-16-10)8-17(13,14)6-5-15-4/h7H,5-6,8H2,1-4H3. The summed E-state index contributed by atoms with van der Waals surface area (Å²) in [5, 5.41) is 2.79. The van der Waals surface area contributed by atoms with Gasteiger partial charge in [0.1, 0.15) is 0 Å². The Bertz CT molecular complexity index is 457. The molecule has 0 radical (unpaired) electrons. The predicted octanol–water partition coefficient (Wildman–Crippen LogP) is 2.00. The average molecular weight is 277 g/mol. The number of nitrogens with zero attached hydrogens (tertiary/aromatic N) is 1. The number of methoxy groups -OCH3 is 1. The molecule has 98 valence electrons. The van der Waals surface area contributed by atoms with Gasteiger partial charge in [0.15, 0.2) is 9.84 Å². The largest absolute Gasteiger partial charge is 0.384 e. The molecule has 0 unspecified atom stereocenters. The Morgan fingerprint density at radius 1 is 1.41 bits per heavy atom. The highest BCUT2D eigenvalue weighted by atomic mass is 32.2. The van der Waals surface area contributed by atoms with Crippen molar-refractivity contribution in [1.29, 1.82) is 0 Å². The fourth-order valence-electron chi connectivity index (χ4n) is 1.23. The van der Waals surface area contributed by atoms with Gasteiger partial charge < -0.3 is 4.74 Å². The summed E-state index contributed by atoms with van der Waals surface area (Å²) in [5.74, 6) is 0.0504. The molecule has 6 heteroatoms. The maximum atomic E-state index is 11.7. The molecule has 0 amide bonds. The zero-order valence-corrected chi connectivity index (χ0v) is 12.3. The Morgan fingerprint density at radius 3 is 2.53 bits per heavy atom. The van der Waals surface area contributed by atoms with E-state index >= 15 is 0 Å². The highest BCUT2D eigenvalue weighted by molar-refractivity contribution is 7.90. The third-order valence-electron chi connectivity index (χ3n) is 2.16. The minimum absolute atomic E-state index is 0.00292. The summed E-state index contributed by atoms with van der Waals surface area (Å²) in [6.45, 7) is 6.43. The second-order valence-electron chi connectivity index (χ2n) is 4.98. The van der Waals surface area contributed by atoms with Gasteiger partial charge in [-0.25, -0.2) is 13.4 Å². The Hall–Kier alpha value is -0.460. The van der Waals surface area contributed by atoms with E-state index in [-0.39, 0.29) is 23.5 Å². The lowest BCUT2D eigenvalue weighted by atomic mass is 9.98. The van der Waals surface area contributed by atoms with E-state index in [9.17, 15) is 8.42 Å². The molecular formula is C11H19NO3S2. The van der Waals surface area contributed by atoms with Gasteiger partial charge in [0.2, 0.25) is 0 Å². The molecule has 0 N–H and O–H groups in total. The molecule has 4 nitrogen and oxygen atoms in total. The molecule has 0 spiro atoms. The molecule has 1 aromatic rings. The Balaban J connectivity index is 2.73. The minimum atomic E-state index is -3.11. The second kappa shape index (κ2) is 5.46. The maximum Gasteiger partial charge on any atom is 0.158 e. The first-order valence-corrected chi connectivity index (χ1v) is 8.09. The maximum absolute atomic E-state index is 11.7. The summed E-state index contributed by atoms with van der Waals surface area (Å²) in [4.78, 5) is 4.37. The monoisotopic (exact) mass is 277 g/mol. The van der Waals surface area contributed by atoms with Crippen molar-refractivity contribution < 1.29 is 13.2 Å². The van der Waals surface area contributed by atoms with E-state index in [1.54, 1.807) is 0 Å². The van der Waals surface area contributed by atoms with Crippen LogP contribution in [0.4, 0.5) is 0 Å². The van der Waals surface area contributed by atoms with Gasteiger partial charge in [0, 0.05) is 17.9 Å². The van der Waals surface area contributed by atoms with Gasteiger partial charge in [-0.1, -0.05) is 20.8 Å². The molecule has 0 saturated heterocycles. The van der Waals surface area contributed by atoms with E-state index in [1.807, 2.05) is 5.38 Å². The molecule has 0 saturated carbocycles. The van der Waals surface area contributed by atoms with E-state index in [0.717, 1.165) is 5.01 Å². The summed E-state index contributed by atoms with van der Waals surface area (Å²) in [7, 11) is -1.61. The lowest BCUT2D eigenvalue weighted by Gasteiger charge is -2.13. The highest BCUT2D eigenvalue weighted by Gasteiger charge is 2.20. The van der Waals surface area contributed by atoms with Crippen LogP contribution in [0.5, 0.6) is 0 Å². The van der Waals surface area contributed by atoms with Crippen LogP contribution in [0, 0.1) is 0 Å². The lowest BCUT2D eigenvalue weighted by molar-refractivity contribution is 0.217. The van der Waals surface area contributed by atoms with E-state index in [2.05, 4.69) is 25.8 Å². The quantitative estimate of drug-likeness (QED) is 0.826. The van der Waals surface area contributed by atoms with Crippen molar-refractivity contribution in [2.24, 2.45) is 0 Å². The fraction of sp³-hybridized carbons (Fsp3) is 0.727. The molecule has 0 aromatic carbocycles. The molecule has 0 aliphatic rings. The average Bonchev–Trinajstić information content (AvgIpc) is 2.62. The van der Waals surface area contributed by atoms with Crippen molar-refractivity contribution in [1.82, 2.24) is 4.98 Å². The smallest absolute Gasteiger partial charge is 0.158 e. The Morgan fingerprint density at radius 2 is 2.06 bits per heavy atom.